The topological polar surface area (TPSA) is 76.0 Å². The van der Waals surface area contributed by atoms with E-state index in [-0.39, 0.29) is 0 Å². The van der Waals surface area contributed by atoms with Crippen molar-refractivity contribution in [3.05, 3.63) is 96.1 Å². The van der Waals surface area contributed by atoms with Crippen molar-refractivity contribution in [2.45, 2.75) is 13.2 Å². The summed E-state index contributed by atoms with van der Waals surface area (Å²) in [7, 11) is -3.64. The van der Waals surface area contributed by atoms with E-state index in [4.69, 9.17) is 19.3 Å². The van der Waals surface area contributed by atoms with Crippen molar-refractivity contribution in [3.8, 4) is 11.5 Å². The Hall–Kier alpha value is -2.59. The fourth-order valence-electron chi connectivity index (χ4n) is 2.14. The van der Waals surface area contributed by atoms with E-state index in [0.29, 0.717) is 13.2 Å². The Labute approximate surface area is 159 Å². The van der Waals surface area contributed by atoms with E-state index >= 15 is 0 Å². The van der Waals surface area contributed by atoms with Gasteiger partial charge in [-0.25, -0.2) is 0 Å². The predicted octanol–water partition coefficient (Wildman–Crippen LogP) is 4.64. The standard InChI is InChI=1S/C20H18O2.CH5O3P/c1-3-8-17(9-4-1)15-21-19-12-7-13-20(14-19)22-16-18-10-5-2-6-11-18;1-5(2,3)4/h1-14H,15-16H2;1H3,(H2,2,3,4). The van der Waals surface area contributed by atoms with Gasteiger partial charge in [-0.1, -0.05) is 66.7 Å². The molecular weight excluding hydrogens is 363 g/mol. The summed E-state index contributed by atoms with van der Waals surface area (Å²) in [5, 5.41) is 0. The summed E-state index contributed by atoms with van der Waals surface area (Å²) >= 11 is 0. The fourth-order valence-corrected chi connectivity index (χ4v) is 2.14. The number of hydrogen-bond acceptors (Lipinski definition) is 3. The molecule has 27 heavy (non-hydrogen) atoms. The third-order valence-electron chi connectivity index (χ3n) is 3.30. The van der Waals surface area contributed by atoms with Crippen LogP contribution in [0.2, 0.25) is 0 Å². The smallest absolute Gasteiger partial charge is 0.322 e. The maximum absolute atomic E-state index is 9.33. The van der Waals surface area contributed by atoms with Gasteiger partial charge >= 0.3 is 7.60 Å². The average Bonchev–Trinajstić information content (AvgIpc) is 2.65. The first kappa shape index (κ1) is 20.7. The lowest BCUT2D eigenvalue weighted by Gasteiger charge is -2.10. The highest BCUT2D eigenvalue weighted by Gasteiger charge is 2.00. The molecule has 5 nitrogen and oxygen atoms in total. The van der Waals surface area contributed by atoms with Crippen LogP contribution in [0, 0.1) is 0 Å². The Kier molecular flexibility index (Phi) is 8.08. The maximum atomic E-state index is 9.33. The van der Waals surface area contributed by atoms with E-state index < -0.39 is 7.60 Å². The van der Waals surface area contributed by atoms with Crippen molar-refractivity contribution in [2.24, 2.45) is 0 Å². The molecule has 0 aromatic heterocycles. The van der Waals surface area contributed by atoms with Gasteiger partial charge in [0.15, 0.2) is 0 Å². The van der Waals surface area contributed by atoms with Crippen LogP contribution in [0.5, 0.6) is 11.5 Å². The Morgan fingerprint density at radius 3 is 1.44 bits per heavy atom. The Balaban J connectivity index is 0.000000465. The average molecular weight is 386 g/mol. The molecule has 3 rings (SSSR count). The number of rotatable bonds is 6. The van der Waals surface area contributed by atoms with E-state index in [2.05, 4.69) is 24.3 Å². The molecule has 6 heteroatoms. The van der Waals surface area contributed by atoms with Gasteiger partial charge in [-0.05, 0) is 23.3 Å². The molecular formula is C21H23O5P. The van der Waals surface area contributed by atoms with Crippen LogP contribution in [-0.4, -0.2) is 16.5 Å². The number of benzene rings is 3. The molecule has 0 aliphatic heterocycles. The fraction of sp³-hybridized carbons (Fsp3) is 0.143. The van der Waals surface area contributed by atoms with E-state index in [0.717, 1.165) is 29.3 Å². The molecule has 0 spiro atoms. The molecule has 0 radical (unpaired) electrons. The SMILES string of the molecule is CP(=O)(O)O.c1ccc(COc2cccc(OCc3ccccc3)c2)cc1. The van der Waals surface area contributed by atoms with Gasteiger partial charge in [-0.15, -0.1) is 0 Å². The first-order chi connectivity index (χ1) is 12.9. The van der Waals surface area contributed by atoms with Gasteiger partial charge in [0.05, 0.1) is 0 Å². The molecule has 2 N–H and O–H groups in total. The first-order valence-corrected chi connectivity index (χ1v) is 10.4. The Bertz CT molecular complexity index is 780. The quantitative estimate of drug-likeness (QED) is 0.604. The zero-order chi connectivity index (χ0) is 19.5. The van der Waals surface area contributed by atoms with Crippen LogP contribution >= 0.6 is 7.60 Å². The number of hydrogen-bond donors (Lipinski definition) is 2. The predicted molar refractivity (Wildman–Crippen MR) is 106 cm³/mol. The van der Waals surface area contributed by atoms with E-state index in [1.807, 2.05) is 60.7 Å². The highest BCUT2D eigenvalue weighted by molar-refractivity contribution is 7.50. The zero-order valence-electron chi connectivity index (χ0n) is 15.1. The van der Waals surface area contributed by atoms with Crippen molar-refractivity contribution in [1.82, 2.24) is 0 Å². The van der Waals surface area contributed by atoms with Crippen LogP contribution in [0.1, 0.15) is 11.1 Å². The van der Waals surface area contributed by atoms with Crippen molar-refractivity contribution >= 4 is 7.60 Å². The molecule has 3 aromatic carbocycles. The minimum Gasteiger partial charge on any atom is -0.489 e. The Morgan fingerprint density at radius 1 is 0.704 bits per heavy atom. The third-order valence-corrected chi connectivity index (χ3v) is 3.30. The second-order valence-corrected chi connectivity index (χ2v) is 7.53. The summed E-state index contributed by atoms with van der Waals surface area (Å²) in [5.74, 6) is 1.63. The molecule has 0 atom stereocenters. The van der Waals surface area contributed by atoms with E-state index in [1.54, 1.807) is 0 Å². The van der Waals surface area contributed by atoms with Crippen molar-refractivity contribution in [2.75, 3.05) is 6.66 Å². The summed E-state index contributed by atoms with van der Waals surface area (Å²) in [6, 6.07) is 28.0. The molecule has 0 unspecified atom stereocenters. The van der Waals surface area contributed by atoms with E-state index in [1.165, 1.54) is 0 Å². The van der Waals surface area contributed by atoms with Crippen molar-refractivity contribution < 1.29 is 23.8 Å². The van der Waals surface area contributed by atoms with Crippen molar-refractivity contribution in [1.29, 1.82) is 0 Å². The van der Waals surface area contributed by atoms with Crippen LogP contribution in [-0.2, 0) is 17.8 Å². The van der Waals surface area contributed by atoms with Gasteiger partial charge in [0.25, 0.3) is 0 Å². The van der Waals surface area contributed by atoms with Gasteiger partial charge in [-0.3, -0.25) is 4.57 Å². The van der Waals surface area contributed by atoms with Gasteiger partial charge < -0.3 is 19.3 Å². The highest BCUT2D eigenvalue weighted by Crippen LogP contribution is 2.26. The van der Waals surface area contributed by atoms with Crippen molar-refractivity contribution in [3.63, 3.8) is 0 Å². The summed E-state index contributed by atoms with van der Waals surface area (Å²) in [6.45, 7) is 1.97. The number of ether oxygens (including phenoxy) is 2. The second-order valence-electron chi connectivity index (χ2n) is 5.86. The van der Waals surface area contributed by atoms with Crippen LogP contribution < -0.4 is 9.47 Å². The second kappa shape index (κ2) is 10.5. The van der Waals surface area contributed by atoms with Crippen LogP contribution in [0.25, 0.3) is 0 Å². The molecule has 0 bridgehead atoms. The lowest BCUT2D eigenvalue weighted by molar-refractivity contribution is 0.290. The zero-order valence-corrected chi connectivity index (χ0v) is 16.0. The third kappa shape index (κ3) is 9.61. The molecule has 0 amide bonds. The lowest BCUT2D eigenvalue weighted by Crippen LogP contribution is -1.97. The normalized spacial score (nSPS) is 10.5. The summed E-state index contributed by atoms with van der Waals surface area (Å²) in [6.07, 6.45) is 0. The molecule has 0 saturated heterocycles. The van der Waals surface area contributed by atoms with Crippen LogP contribution in [0.15, 0.2) is 84.9 Å². The monoisotopic (exact) mass is 386 g/mol. The molecule has 0 heterocycles. The molecule has 3 aromatic rings. The maximum Gasteiger partial charge on any atom is 0.322 e. The highest BCUT2D eigenvalue weighted by atomic mass is 31.2. The van der Waals surface area contributed by atoms with Gasteiger partial charge in [0.2, 0.25) is 0 Å². The van der Waals surface area contributed by atoms with E-state index in [9.17, 15) is 4.57 Å². The molecule has 142 valence electrons. The van der Waals surface area contributed by atoms with Gasteiger partial charge in [-0.2, -0.15) is 0 Å². The largest absolute Gasteiger partial charge is 0.489 e. The molecule has 0 fully saturated rings. The Morgan fingerprint density at radius 2 is 1.07 bits per heavy atom. The van der Waals surface area contributed by atoms with Gasteiger partial charge in [0.1, 0.15) is 24.7 Å². The summed E-state index contributed by atoms with van der Waals surface area (Å²) in [5.41, 5.74) is 2.30. The summed E-state index contributed by atoms with van der Waals surface area (Å²) < 4.78 is 20.9. The minimum atomic E-state index is -3.64. The van der Waals surface area contributed by atoms with Gasteiger partial charge in [0, 0.05) is 12.7 Å². The lowest BCUT2D eigenvalue weighted by atomic mass is 10.2. The molecule has 0 aliphatic rings. The molecule has 0 saturated carbocycles. The first-order valence-electron chi connectivity index (χ1n) is 8.37. The molecule has 0 aliphatic carbocycles. The minimum absolute atomic E-state index is 0.559. The van der Waals surface area contributed by atoms with Crippen LogP contribution in [0.4, 0.5) is 0 Å². The van der Waals surface area contributed by atoms with Crippen LogP contribution in [0.3, 0.4) is 0 Å². The summed E-state index contributed by atoms with van der Waals surface area (Å²) in [4.78, 5) is 15.3.